The molecule has 0 aliphatic heterocycles. The first-order valence-electron chi connectivity index (χ1n) is 4.67. The van der Waals surface area contributed by atoms with Crippen LogP contribution in [0.4, 0.5) is 0 Å². The van der Waals surface area contributed by atoms with Crippen LogP contribution in [0.25, 0.3) is 0 Å². The van der Waals surface area contributed by atoms with Crippen LogP contribution in [0.2, 0.25) is 5.02 Å². The Morgan fingerprint density at radius 2 is 2.00 bits per heavy atom. The summed E-state index contributed by atoms with van der Waals surface area (Å²) in [5.41, 5.74) is 1.17. The van der Waals surface area contributed by atoms with Crippen LogP contribution in [0.1, 0.15) is 25.0 Å². The van der Waals surface area contributed by atoms with Crippen LogP contribution in [-0.2, 0) is 4.74 Å². The minimum absolute atomic E-state index is 0.145. The molecule has 1 aromatic rings. The summed E-state index contributed by atoms with van der Waals surface area (Å²) in [6, 6.07) is 7.78. The smallest absolute Gasteiger partial charge is 0.0796 e. The molecule has 1 rings (SSSR count). The number of hydrogen-bond acceptors (Lipinski definition) is 1. The maximum absolute atomic E-state index is 5.80. The Bertz CT molecular complexity index is 260. The Balaban J connectivity index is 2.43. The molecule has 0 heterocycles. The van der Waals surface area contributed by atoms with Crippen LogP contribution in [-0.4, -0.2) is 11.9 Å². The molecule has 0 saturated heterocycles. The molecule has 78 valence electrons. The van der Waals surface area contributed by atoms with Crippen molar-refractivity contribution in [3.05, 3.63) is 34.9 Å². The second-order valence-corrected chi connectivity index (χ2v) is 4.34. The molecule has 1 unspecified atom stereocenters. The van der Waals surface area contributed by atoms with E-state index in [9.17, 15) is 0 Å². The highest BCUT2D eigenvalue weighted by Gasteiger charge is 2.04. The highest BCUT2D eigenvalue weighted by atomic mass is 79.9. The number of ether oxygens (including phenoxy) is 1. The average Bonchev–Trinajstić information content (AvgIpc) is 2.19. The minimum Gasteiger partial charge on any atom is -0.374 e. The Hall–Kier alpha value is -0.0500. The third-order valence-electron chi connectivity index (χ3n) is 1.99. The fourth-order valence-electron chi connectivity index (χ4n) is 1.14. The van der Waals surface area contributed by atoms with E-state index in [0.717, 1.165) is 23.4 Å². The van der Waals surface area contributed by atoms with Gasteiger partial charge in [-0.25, -0.2) is 0 Å². The average molecular weight is 278 g/mol. The summed E-state index contributed by atoms with van der Waals surface area (Å²) in [6.45, 7) is 2.84. The molecule has 0 N–H and O–H groups in total. The van der Waals surface area contributed by atoms with Gasteiger partial charge in [0.05, 0.1) is 6.10 Å². The highest BCUT2D eigenvalue weighted by Crippen LogP contribution is 2.19. The van der Waals surface area contributed by atoms with Crippen LogP contribution >= 0.6 is 27.5 Å². The highest BCUT2D eigenvalue weighted by molar-refractivity contribution is 9.09. The quantitative estimate of drug-likeness (QED) is 0.579. The van der Waals surface area contributed by atoms with Crippen LogP contribution in [0.5, 0.6) is 0 Å². The molecular weight excluding hydrogens is 263 g/mol. The van der Waals surface area contributed by atoms with E-state index in [4.69, 9.17) is 16.3 Å². The van der Waals surface area contributed by atoms with E-state index in [2.05, 4.69) is 22.9 Å². The van der Waals surface area contributed by atoms with E-state index in [1.807, 2.05) is 24.3 Å². The Morgan fingerprint density at radius 3 is 2.57 bits per heavy atom. The molecule has 1 nitrogen and oxygen atoms in total. The van der Waals surface area contributed by atoms with Crippen molar-refractivity contribution in [3.8, 4) is 0 Å². The fraction of sp³-hybridized carbons (Fsp3) is 0.455. The monoisotopic (exact) mass is 276 g/mol. The number of halogens is 2. The molecule has 1 atom stereocenters. The van der Waals surface area contributed by atoms with Gasteiger partial charge in [-0.15, -0.1) is 0 Å². The van der Waals surface area contributed by atoms with E-state index in [-0.39, 0.29) is 6.10 Å². The first-order valence-corrected chi connectivity index (χ1v) is 6.17. The summed E-state index contributed by atoms with van der Waals surface area (Å²) in [4.78, 5) is 0. The van der Waals surface area contributed by atoms with Gasteiger partial charge in [0.2, 0.25) is 0 Å². The lowest BCUT2D eigenvalue weighted by Gasteiger charge is -2.12. The van der Waals surface area contributed by atoms with Gasteiger partial charge in [0.25, 0.3) is 0 Å². The molecule has 0 amide bonds. The standard InChI is InChI=1S/C11H14BrClO/c1-9(14-8-2-7-12)10-3-5-11(13)6-4-10/h3-6,9H,2,7-8H2,1H3. The summed E-state index contributed by atoms with van der Waals surface area (Å²) >= 11 is 9.16. The topological polar surface area (TPSA) is 9.23 Å². The van der Waals surface area contributed by atoms with Crippen molar-refractivity contribution >= 4 is 27.5 Å². The van der Waals surface area contributed by atoms with Gasteiger partial charge in [-0.2, -0.15) is 0 Å². The van der Waals surface area contributed by atoms with Gasteiger partial charge in [-0.1, -0.05) is 39.7 Å². The molecule has 3 heteroatoms. The van der Waals surface area contributed by atoms with Crippen molar-refractivity contribution in [1.82, 2.24) is 0 Å². The largest absolute Gasteiger partial charge is 0.374 e. The molecule has 0 fully saturated rings. The third kappa shape index (κ3) is 3.99. The number of rotatable bonds is 5. The number of benzene rings is 1. The van der Waals surface area contributed by atoms with E-state index >= 15 is 0 Å². The number of alkyl halides is 1. The van der Waals surface area contributed by atoms with Crippen LogP contribution in [0.3, 0.4) is 0 Å². The Morgan fingerprint density at radius 1 is 1.36 bits per heavy atom. The maximum atomic E-state index is 5.80. The first kappa shape index (κ1) is 12.0. The van der Waals surface area contributed by atoms with Gasteiger partial charge in [0.1, 0.15) is 0 Å². The second-order valence-electron chi connectivity index (χ2n) is 3.11. The molecule has 0 aliphatic carbocycles. The van der Waals surface area contributed by atoms with Gasteiger partial charge in [-0.05, 0) is 31.0 Å². The SMILES string of the molecule is CC(OCCCBr)c1ccc(Cl)cc1. The second kappa shape index (κ2) is 6.44. The van der Waals surface area contributed by atoms with Gasteiger partial charge >= 0.3 is 0 Å². The van der Waals surface area contributed by atoms with Crippen LogP contribution in [0, 0.1) is 0 Å². The van der Waals surface area contributed by atoms with Crippen molar-refractivity contribution in [3.63, 3.8) is 0 Å². The van der Waals surface area contributed by atoms with Gasteiger partial charge < -0.3 is 4.74 Å². The van der Waals surface area contributed by atoms with Crippen molar-refractivity contribution in [2.24, 2.45) is 0 Å². The summed E-state index contributed by atoms with van der Waals surface area (Å²) < 4.78 is 5.64. The zero-order valence-corrected chi connectivity index (χ0v) is 10.5. The van der Waals surface area contributed by atoms with Gasteiger partial charge in [-0.3, -0.25) is 0 Å². The van der Waals surface area contributed by atoms with Gasteiger partial charge in [0, 0.05) is 17.0 Å². The molecule has 1 aromatic carbocycles. The lowest BCUT2D eigenvalue weighted by molar-refractivity contribution is 0.0669. The molecule has 0 spiro atoms. The van der Waals surface area contributed by atoms with Gasteiger partial charge in [0.15, 0.2) is 0 Å². The Labute approximate surface area is 98.5 Å². The molecule has 0 radical (unpaired) electrons. The lowest BCUT2D eigenvalue weighted by atomic mass is 10.1. The zero-order chi connectivity index (χ0) is 10.4. The fourth-order valence-corrected chi connectivity index (χ4v) is 1.50. The normalized spacial score (nSPS) is 12.8. The molecule has 0 aromatic heterocycles. The minimum atomic E-state index is 0.145. The Kier molecular flexibility index (Phi) is 5.53. The molecular formula is C11H14BrClO. The lowest BCUT2D eigenvalue weighted by Crippen LogP contribution is -2.01. The maximum Gasteiger partial charge on any atom is 0.0796 e. The van der Waals surface area contributed by atoms with E-state index in [1.54, 1.807) is 0 Å². The van der Waals surface area contributed by atoms with E-state index in [0.29, 0.717) is 0 Å². The predicted octanol–water partition coefficient (Wildman–Crippen LogP) is 4.20. The van der Waals surface area contributed by atoms with Crippen LogP contribution < -0.4 is 0 Å². The molecule has 0 bridgehead atoms. The van der Waals surface area contributed by atoms with Crippen molar-refractivity contribution in [2.45, 2.75) is 19.4 Å². The summed E-state index contributed by atoms with van der Waals surface area (Å²) in [7, 11) is 0. The number of hydrogen-bond donors (Lipinski definition) is 0. The predicted molar refractivity (Wildman–Crippen MR) is 64.2 cm³/mol. The van der Waals surface area contributed by atoms with Crippen molar-refractivity contribution in [1.29, 1.82) is 0 Å². The zero-order valence-electron chi connectivity index (χ0n) is 8.17. The summed E-state index contributed by atoms with van der Waals surface area (Å²) in [5, 5.41) is 1.75. The summed E-state index contributed by atoms with van der Waals surface area (Å²) in [5.74, 6) is 0. The first-order chi connectivity index (χ1) is 6.74. The van der Waals surface area contributed by atoms with E-state index in [1.165, 1.54) is 5.56 Å². The van der Waals surface area contributed by atoms with Crippen molar-refractivity contribution in [2.75, 3.05) is 11.9 Å². The molecule has 0 saturated carbocycles. The van der Waals surface area contributed by atoms with E-state index < -0.39 is 0 Å². The van der Waals surface area contributed by atoms with Crippen molar-refractivity contribution < 1.29 is 4.74 Å². The molecule has 14 heavy (non-hydrogen) atoms. The molecule has 0 aliphatic rings. The third-order valence-corrected chi connectivity index (χ3v) is 2.80. The summed E-state index contributed by atoms with van der Waals surface area (Å²) in [6.07, 6.45) is 1.18. The van der Waals surface area contributed by atoms with Crippen LogP contribution in [0.15, 0.2) is 24.3 Å².